The second-order valence-electron chi connectivity index (χ2n) is 6.47. The topological polar surface area (TPSA) is 32.3 Å². The average molecular weight is 252 g/mol. The highest BCUT2D eigenvalue weighted by atomic mass is 16.2. The normalized spacial score (nSPS) is 34.1. The largest absolute Gasteiger partial charge is 0.338 e. The Kier molecular flexibility index (Phi) is 4.66. The van der Waals surface area contributed by atoms with Gasteiger partial charge in [0, 0.05) is 18.6 Å². The molecule has 3 atom stereocenters. The van der Waals surface area contributed by atoms with E-state index in [1.807, 2.05) is 0 Å². The molecule has 0 aromatic heterocycles. The number of nitrogens with zero attached hydrogens (tertiary/aromatic N) is 1. The number of nitrogens with one attached hydrogen (secondary N) is 1. The highest BCUT2D eigenvalue weighted by Crippen LogP contribution is 2.29. The molecule has 0 bridgehead atoms. The Bertz CT molecular complexity index is 290. The minimum absolute atomic E-state index is 0.0657. The Balaban J connectivity index is 1.97. The molecule has 3 unspecified atom stereocenters. The van der Waals surface area contributed by atoms with Gasteiger partial charge in [-0.25, -0.2) is 0 Å². The Morgan fingerprint density at radius 2 is 2.00 bits per heavy atom. The first-order valence-electron chi connectivity index (χ1n) is 7.64. The zero-order chi connectivity index (χ0) is 13.1. The molecule has 1 heterocycles. The molecular weight excluding hydrogens is 224 g/mol. The quantitative estimate of drug-likeness (QED) is 0.837. The highest BCUT2D eigenvalue weighted by Gasteiger charge is 2.34. The number of piperidine rings is 1. The third-order valence-corrected chi connectivity index (χ3v) is 4.36. The molecule has 18 heavy (non-hydrogen) atoms. The Hall–Kier alpha value is -0.570. The molecule has 1 saturated heterocycles. The van der Waals surface area contributed by atoms with Crippen molar-refractivity contribution in [2.45, 2.75) is 77.4 Å². The van der Waals surface area contributed by atoms with Crippen molar-refractivity contribution in [3.63, 3.8) is 0 Å². The minimum Gasteiger partial charge on any atom is -0.338 e. The smallest absolute Gasteiger partial charge is 0.239 e. The summed E-state index contributed by atoms with van der Waals surface area (Å²) in [6.45, 7) is 7.54. The van der Waals surface area contributed by atoms with Crippen molar-refractivity contribution in [2.24, 2.45) is 5.92 Å². The second kappa shape index (κ2) is 6.05. The molecule has 2 rings (SSSR count). The first kappa shape index (κ1) is 13.9. The fourth-order valence-corrected chi connectivity index (χ4v) is 3.50. The summed E-state index contributed by atoms with van der Waals surface area (Å²) in [5.74, 6) is 1.14. The molecule has 2 aliphatic rings. The SMILES string of the molecule is CC1CCCC(N2CCCC(NC(C)C)C2=O)C1. The van der Waals surface area contributed by atoms with E-state index in [-0.39, 0.29) is 6.04 Å². The van der Waals surface area contributed by atoms with E-state index in [0.29, 0.717) is 18.0 Å². The molecule has 104 valence electrons. The molecule has 1 aliphatic heterocycles. The van der Waals surface area contributed by atoms with Crippen LogP contribution in [0.15, 0.2) is 0 Å². The zero-order valence-electron chi connectivity index (χ0n) is 12.1. The van der Waals surface area contributed by atoms with Gasteiger partial charge in [0.15, 0.2) is 0 Å². The van der Waals surface area contributed by atoms with Crippen LogP contribution in [0.5, 0.6) is 0 Å². The van der Waals surface area contributed by atoms with E-state index < -0.39 is 0 Å². The summed E-state index contributed by atoms with van der Waals surface area (Å²) in [5, 5.41) is 3.42. The molecule has 1 N–H and O–H groups in total. The number of hydrogen-bond acceptors (Lipinski definition) is 2. The Morgan fingerprint density at radius 1 is 1.22 bits per heavy atom. The van der Waals surface area contributed by atoms with Gasteiger partial charge in [0.05, 0.1) is 6.04 Å². The van der Waals surface area contributed by atoms with E-state index in [2.05, 4.69) is 31.0 Å². The number of amides is 1. The molecular formula is C15H28N2O. The predicted molar refractivity (Wildman–Crippen MR) is 74.4 cm³/mol. The van der Waals surface area contributed by atoms with Gasteiger partial charge in [0.1, 0.15) is 0 Å². The van der Waals surface area contributed by atoms with Crippen molar-refractivity contribution in [3.05, 3.63) is 0 Å². The van der Waals surface area contributed by atoms with Crippen LogP contribution in [-0.4, -0.2) is 35.5 Å². The number of hydrogen-bond donors (Lipinski definition) is 1. The van der Waals surface area contributed by atoms with Crippen molar-refractivity contribution in [1.29, 1.82) is 0 Å². The van der Waals surface area contributed by atoms with Crippen molar-refractivity contribution < 1.29 is 4.79 Å². The van der Waals surface area contributed by atoms with Gasteiger partial charge in [0.25, 0.3) is 0 Å². The first-order chi connectivity index (χ1) is 8.58. The van der Waals surface area contributed by atoms with E-state index >= 15 is 0 Å². The van der Waals surface area contributed by atoms with Crippen molar-refractivity contribution in [2.75, 3.05) is 6.54 Å². The second-order valence-corrected chi connectivity index (χ2v) is 6.47. The van der Waals surface area contributed by atoms with Crippen LogP contribution in [0.25, 0.3) is 0 Å². The van der Waals surface area contributed by atoms with Crippen LogP contribution >= 0.6 is 0 Å². The molecule has 0 spiro atoms. The molecule has 0 aromatic carbocycles. The molecule has 3 heteroatoms. The summed E-state index contributed by atoms with van der Waals surface area (Å²) in [6.07, 6.45) is 7.21. The van der Waals surface area contributed by atoms with Crippen LogP contribution in [0.2, 0.25) is 0 Å². The number of carbonyl (C=O) groups excluding carboxylic acids is 1. The van der Waals surface area contributed by atoms with Crippen molar-refractivity contribution in [1.82, 2.24) is 10.2 Å². The van der Waals surface area contributed by atoms with E-state index in [1.54, 1.807) is 0 Å². The standard InChI is InChI=1S/C15H28N2O/c1-11(2)16-14-8-5-9-17(15(14)18)13-7-4-6-12(3)10-13/h11-14,16H,4-10H2,1-3H3. The number of rotatable bonds is 3. The Morgan fingerprint density at radius 3 is 2.67 bits per heavy atom. The maximum atomic E-state index is 12.5. The predicted octanol–water partition coefficient (Wildman–Crippen LogP) is 2.55. The third-order valence-electron chi connectivity index (χ3n) is 4.36. The summed E-state index contributed by atoms with van der Waals surface area (Å²) in [6, 6.07) is 0.971. The van der Waals surface area contributed by atoms with E-state index in [9.17, 15) is 4.79 Å². The summed E-state index contributed by atoms with van der Waals surface area (Å²) < 4.78 is 0. The third kappa shape index (κ3) is 3.25. The van der Waals surface area contributed by atoms with Crippen LogP contribution in [0, 0.1) is 5.92 Å². The maximum absolute atomic E-state index is 12.5. The van der Waals surface area contributed by atoms with Gasteiger partial charge in [-0.05, 0) is 31.6 Å². The fourth-order valence-electron chi connectivity index (χ4n) is 3.50. The molecule has 3 nitrogen and oxygen atoms in total. The van der Waals surface area contributed by atoms with Crippen LogP contribution < -0.4 is 5.32 Å². The molecule has 1 saturated carbocycles. The lowest BCUT2D eigenvalue weighted by atomic mass is 9.85. The van der Waals surface area contributed by atoms with Crippen LogP contribution in [0.3, 0.4) is 0 Å². The monoisotopic (exact) mass is 252 g/mol. The van der Waals surface area contributed by atoms with Gasteiger partial charge < -0.3 is 10.2 Å². The minimum atomic E-state index is 0.0657. The highest BCUT2D eigenvalue weighted by molar-refractivity contribution is 5.83. The maximum Gasteiger partial charge on any atom is 0.239 e. The molecule has 1 aliphatic carbocycles. The van der Waals surface area contributed by atoms with Gasteiger partial charge in [-0.3, -0.25) is 4.79 Å². The summed E-state index contributed by atoms with van der Waals surface area (Å²) in [4.78, 5) is 14.7. The van der Waals surface area contributed by atoms with Gasteiger partial charge in [-0.2, -0.15) is 0 Å². The van der Waals surface area contributed by atoms with Gasteiger partial charge >= 0.3 is 0 Å². The lowest BCUT2D eigenvalue weighted by Crippen LogP contribution is -2.56. The lowest BCUT2D eigenvalue weighted by molar-refractivity contribution is -0.139. The Labute approximate surface area is 111 Å². The summed E-state index contributed by atoms with van der Waals surface area (Å²) in [5.41, 5.74) is 0. The van der Waals surface area contributed by atoms with Crippen LogP contribution in [0.4, 0.5) is 0 Å². The lowest BCUT2D eigenvalue weighted by Gasteiger charge is -2.41. The van der Waals surface area contributed by atoms with Gasteiger partial charge in [0.2, 0.25) is 5.91 Å². The van der Waals surface area contributed by atoms with Crippen LogP contribution in [0.1, 0.15) is 59.3 Å². The van der Waals surface area contributed by atoms with Crippen molar-refractivity contribution in [3.8, 4) is 0 Å². The first-order valence-corrected chi connectivity index (χ1v) is 7.64. The summed E-state index contributed by atoms with van der Waals surface area (Å²) >= 11 is 0. The fraction of sp³-hybridized carbons (Fsp3) is 0.933. The van der Waals surface area contributed by atoms with E-state index in [1.165, 1.54) is 25.7 Å². The van der Waals surface area contributed by atoms with Crippen LogP contribution in [-0.2, 0) is 4.79 Å². The molecule has 2 fully saturated rings. The van der Waals surface area contributed by atoms with E-state index in [0.717, 1.165) is 25.3 Å². The average Bonchev–Trinajstić information content (AvgIpc) is 2.31. The zero-order valence-corrected chi connectivity index (χ0v) is 12.1. The van der Waals surface area contributed by atoms with Crippen molar-refractivity contribution >= 4 is 5.91 Å². The van der Waals surface area contributed by atoms with Gasteiger partial charge in [-0.15, -0.1) is 0 Å². The van der Waals surface area contributed by atoms with Gasteiger partial charge in [-0.1, -0.05) is 33.6 Å². The number of carbonyl (C=O) groups is 1. The molecule has 0 radical (unpaired) electrons. The molecule has 1 amide bonds. The molecule has 0 aromatic rings. The number of likely N-dealkylation sites (tertiary alicyclic amines) is 1. The van der Waals surface area contributed by atoms with E-state index in [4.69, 9.17) is 0 Å². The summed E-state index contributed by atoms with van der Waals surface area (Å²) in [7, 11) is 0.